The molecule has 1 saturated heterocycles. The molecule has 0 saturated carbocycles. The zero-order chi connectivity index (χ0) is 14.2. The number of hydrogen-bond acceptors (Lipinski definition) is 5. The van der Waals surface area contributed by atoms with E-state index in [0.717, 1.165) is 30.9 Å². The standard InChI is InChI=1S/C15H23NO4/c16-7-12-1-3-15(4-2-12)20-11-14(17)10-19-9-13-5-6-18-8-13/h1-4,13-14,17H,5-11,16H2. The van der Waals surface area contributed by atoms with Gasteiger partial charge in [-0.25, -0.2) is 0 Å². The molecule has 2 unspecified atom stereocenters. The lowest BCUT2D eigenvalue weighted by Crippen LogP contribution is -2.25. The van der Waals surface area contributed by atoms with Crippen LogP contribution in [0.25, 0.3) is 0 Å². The monoisotopic (exact) mass is 281 g/mol. The molecule has 112 valence electrons. The summed E-state index contributed by atoms with van der Waals surface area (Å²) in [6.07, 6.45) is 0.423. The summed E-state index contributed by atoms with van der Waals surface area (Å²) in [6.45, 7) is 3.25. The van der Waals surface area contributed by atoms with Crippen molar-refractivity contribution in [3.05, 3.63) is 29.8 Å². The first-order valence-electron chi connectivity index (χ1n) is 7.03. The average Bonchev–Trinajstić information content (AvgIpc) is 2.99. The Hall–Kier alpha value is -1.14. The second kappa shape index (κ2) is 8.21. The molecule has 5 nitrogen and oxygen atoms in total. The minimum Gasteiger partial charge on any atom is -0.491 e. The number of rotatable bonds is 8. The first kappa shape index (κ1) is 15.3. The SMILES string of the molecule is NCc1ccc(OCC(O)COCC2CCOC2)cc1. The first-order chi connectivity index (χ1) is 9.78. The van der Waals surface area contributed by atoms with Gasteiger partial charge in [0.05, 0.1) is 19.8 Å². The van der Waals surface area contributed by atoms with Gasteiger partial charge >= 0.3 is 0 Å². The molecule has 0 amide bonds. The molecule has 1 aliphatic heterocycles. The minimum atomic E-state index is -0.619. The van der Waals surface area contributed by atoms with E-state index in [9.17, 15) is 5.11 Å². The van der Waals surface area contributed by atoms with Gasteiger partial charge in [-0.2, -0.15) is 0 Å². The van der Waals surface area contributed by atoms with E-state index in [1.807, 2.05) is 24.3 Å². The molecule has 2 atom stereocenters. The topological polar surface area (TPSA) is 73.9 Å². The molecule has 20 heavy (non-hydrogen) atoms. The van der Waals surface area contributed by atoms with Crippen molar-refractivity contribution in [3.8, 4) is 5.75 Å². The molecule has 0 bridgehead atoms. The second-order valence-corrected chi connectivity index (χ2v) is 5.08. The van der Waals surface area contributed by atoms with Crippen LogP contribution in [0.4, 0.5) is 0 Å². The van der Waals surface area contributed by atoms with Gasteiger partial charge in [0.15, 0.2) is 0 Å². The lowest BCUT2D eigenvalue weighted by molar-refractivity contribution is -0.000552. The van der Waals surface area contributed by atoms with E-state index in [1.165, 1.54) is 0 Å². The van der Waals surface area contributed by atoms with Crippen LogP contribution < -0.4 is 10.5 Å². The molecule has 1 aromatic rings. The summed E-state index contributed by atoms with van der Waals surface area (Å²) in [4.78, 5) is 0. The maximum atomic E-state index is 9.78. The van der Waals surface area contributed by atoms with Crippen LogP contribution in [0.15, 0.2) is 24.3 Å². The van der Waals surface area contributed by atoms with Gasteiger partial charge in [0.2, 0.25) is 0 Å². The van der Waals surface area contributed by atoms with Gasteiger partial charge < -0.3 is 25.1 Å². The minimum absolute atomic E-state index is 0.225. The van der Waals surface area contributed by atoms with Crippen molar-refractivity contribution >= 4 is 0 Å². The van der Waals surface area contributed by atoms with E-state index < -0.39 is 6.10 Å². The van der Waals surface area contributed by atoms with Crippen LogP contribution in [-0.2, 0) is 16.0 Å². The molecular weight excluding hydrogens is 258 g/mol. The van der Waals surface area contributed by atoms with Crippen molar-refractivity contribution in [2.45, 2.75) is 19.1 Å². The van der Waals surface area contributed by atoms with Gasteiger partial charge in [-0.05, 0) is 24.1 Å². The Morgan fingerprint density at radius 1 is 1.30 bits per heavy atom. The number of aliphatic hydroxyl groups is 1. The molecule has 0 radical (unpaired) electrons. The Morgan fingerprint density at radius 2 is 2.10 bits per heavy atom. The highest BCUT2D eigenvalue weighted by atomic mass is 16.5. The Kier molecular flexibility index (Phi) is 6.26. The normalized spacial score (nSPS) is 20.0. The van der Waals surface area contributed by atoms with Crippen LogP contribution in [0.3, 0.4) is 0 Å². The Morgan fingerprint density at radius 3 is 2.75 bits per heavy atom. The van der Waals surface area contributed by atoms with Gasteiger partial charge in [-0.1, -0.05) is 12.1 Å². The summed E-state index contributed by atoms with van der Waals surface area (Å²) in [6, 6.07) is 7.54. The number of benzene rings is 1. The van der Waals surface area contributed by atoms with E-state index in [0.29, 0.717) is 19.1 Å². The fourth-order valence-corrected chi connectivity index (χ4v) is 2.05. The number of hydrogen-bond donors (Lipinski definition) is 2. The molecule has 3 N–H and O–H groups in total. The van der Waals surface area contributed by atoms with Gasteiger partial charge in [-0.15, -0.1) is 0 Å². The molecule has 1 fully saturated rings. The fraction of sp³-hybridized carbons (Fsp3) is 0.600. The van der Waals surface area contributed by atoms with Crippen LogP contribution in [-0.4, -0.2) is 44.2 Å². The number of nitrogens with two attached hydrogens (primary N) is 1. The number of aliphatic hydroxyl groups excluding tert-OH is 1. The van der Waals surface area contributed by atoms with Crippen LogP contribution in [0.1, 0.15) is 12.0 Å². The quantitative estimate of drug-likeness (QED) is 0.742. The van der Waals surface area contributed by atoms with Gasteiger partial charge in [0, 0.05) is 19.1 Å². The van der Waals surface area contributed by atoms with Crippen molar-refractivity contribution in [1.29, 1.82) is 0 Å². The molecule has 2 rings (SSSR count). The van der Waals surface area contributed by atoms with Crippen LogP contribution in [0.2, 0.25) is 0 Å². The predicted molar refractivity (Wildman–Crippen MR) is 75.6 cm³/mol. The van der Waals surface area contributed by atoms with E-state index in [4.69, 9.17) is 19.9 Å². The third-order valence-corrected chi connectivity index (χ3v) is 3.29. The highest BCUT2D eigenvalue weighted by Crippen LogP contribution is 2.13. The smallest absolute Gasteiger partial charge is 0.119 e. The maximum Gasteiger partial charge on any atom is 0.119 e. The lowest BCUT2D eigenvalue weighted by atomic mass is 10.1. The van der Waals surface area contributed by atoms with Gasteiger partial charge in [-0.3, -0.25) is 0 Å². The zero-order valence-electron chi connectivity index (χ0n) is 11.7. The van der Waals surface area contributed by atoms with Crippen molar-refractivity contribution in [3.63, 3.8) is 0 Å². The van der Waals surface area contributed by atoms with E-state index in [1.54, 1.807) is 0 Å². The third-order valence-electron chi connectivity index (χ3n) is 3.29. The molecule has 0 aromatic heterocycles. The summed E-state index contributed by atoms with van der Waals surface area (Å²) in [5.41, 5.74) is 6.58. The van der Waals surface area contributed by atoms with E-state index in [2.05, 4.69) is 0 Å². The van der Waals surface area contributed by atoms with Crippen LogP contribution >= 0.6 is 0 Å². The Bertz CT molecular complexity index is 376. The number of ether oxygens (including phenoxy) is 3. The second-order valence-electron chi connectivity index (χ2n) is 5.08. The van der Waals surface area contributed by atoms with Crippen molar-refractivity contribution in [1.82, 2.24) is 0 Å². The highest BCUT2D eigenvalue weighted by Gasteiger charge is 2.16. The molecule has 1 heterocycles. The summed E-state index contributed by atoms with van der Waals surface area (Å²) in [5, 5.41) is 9.78. The lowest BCUT2D eigenvalue weighted by Gasteiger charge is -2.14. The predicted octanol–water partition coefficient (Wildman–Crippen LogP) is 0.938. The largest absolute Gasteiger partial charge is 0.491 e. The Balaban J connectivity index is 1.59. The van der Waals surface area contributed by atoms with E-state index >= 15 is 0 Å². The molecule has 0 spiro atoms. The van der Waals surface area contributed by atoms with Crippen molar-refractivity contribution in [2.75, 3.05) is 33.0 Å². The van der Waals surface area contributed by atoms with Crippen molar-refractivity contribution in [2.24, 2.45) is 11.7 Å². The zero-order valence-corrected chi connectivity index (χ0v) is 11.7. The fourth-order valence-electron chi connectivity index (χ4n) is 2.05. The maximum absolute atomic E-state index is 9.78. The summed E-state index contributed by atoms with van der Waals surface area (Å²) in [5.74, 6) is 1.19. The van der Waals surface area contributed by atoms with Crippen LogP contribution in [0, 0.1) is 5.92 Å². The molecule has 1 aliphatic rings. The highest BCUT2D eigenvalue weighted by molar-refractivity contribution is 5.27. The molecule has 5 heteroatoms. The van der Waals surface area contributed by atoms with Crippen LogP contribution in [0.5, 0.6) is 5.75 Å². The first-order valence-corrected chi connectivity index (χ1v) is 7.03. The summed E-state index contributed by atoms with van der Waals surface area (Å²) >= 11 is 0. The van der Waals surface area contributed by atoms with Gasteiger partial charge in [0.1, 0.15) is 18.5 Å². The summed E-state index contributed by atoms with van der Waals surface area (Å²) < 4.78 is 16.2. The molecule has 0 aliphatic carbocycles. The summed E-state index contributed by atoms with van der Waals surface area (Å²) in [7, 11) is 0. The average molecular weight is 281 g/mol. The molecular formula is C15H23NO4. The molecule has 1 aromatic carbocycles. The van der Waals surface area contributed by atoms with Crippen molar-refractivity contribution < 1.29 is 19.3 Å². The third kappa shape index (κ3) is 5.09. The van der Waals surface area contributed by atoms with E-state index in [-0.39, 0.29) is 13.2 Å². The van der Waals surface area contributed by atoms with Gasteiger partial charge in [0.25, 0.3) is 0 Å². The Labute approximate surface area is 119 Å².